The summed E-state index contributed by atoms with van der Waals surface area (Å²) in [5, 5.41) is 0. The topological polar surface area (TPSA) is 119 Å². The summed E-state index contributed by atoms with van der Waals surface area (Å²) in [5.74, 6) is 0.0610. The number of nitrogens with zero attached hydrogens (tertiary/aromatic N) is 4. The van der Waals surface area contributed by atoms with Crippen LogP contribution < -0.4 is 21.6 Å². The second-order valence-corrected chi connectivity index (χ2v) is 9.51. The fourth-order valence-electron chi connectivity index (χ4n) is 4.65. The Balaban J connectivity index is 1.38. The van der Waals surface area contributed by atoms with Crippen molar-refractivity contribution in [3.05, 3.63) is 80.4 Å². The van der Waals surface area contributed by atoms with Gasteiger partial charge in [-0.1, -0.05) is 61.9 Å². The molecule has 0 aliphatic carbocycles. The second-order valence-electron chi connectivity index (χ2n) is 9.51. The number of nitrogen functional groups attached to an aromatic ring is 1. The van der Waals surface area contributed by atoms with Gasteiger partial charge in [0.1, 0.15) is 5.52 Å². The minimum atomic E-state index is -0.770. The van der Waals surface area contributed by atoms with Crippen molar-refractivity contribution < 1.29 is 4.74 Å². The summed E-state index contributed by atoms with van der Waals surface area (Å²) in [6, 6.07) is 16.7. The van der Waals surface area contributed by atoms with Crippen LogP contribution in [0.4, 0.5) is 5.82 Å². The van der Waals surface area contributed by atoms with Crippen LogP contribution in [0.5, 0.6) is 6.01 Å². The molecule has 1 saturated heterocycles. The van der Waals surface area contributed by atoms with Gasteiger partial charge < -0.3 is 15.5 Å². The normalized spacial score (nSPS) is 13.9. The van der Waals surface area contributed by atoms with E-state index in [-0.39, 0.29) is 29.5 Å². The van der Waals surface area contributed by atoms with E-state index in [4.69, 9.17) is 10.5 Å². The van der Waals surface area contributed by atoms with Gasteiger partial charge in [0.2, 0.25) is 0 Å². The van der Waals surface area contributed by atoms with E-state index >= 15 is 0 Å². The van der Waals surface area contributed by atoms with Crippen LogP contribution in [0, 0.1) is 0 Å². The van der Waals surface area contributed by atoms with Gasteiger partial charge in [-0.25, -0.2) is 0 Å². The molecule has 0 spiro atoms. The SMILES string of the molecule is CCCCOc1nc(N)c2[nH]c(=O)c(=O)n(Cc3ccc(-c4ccc(CN5CCCC5)cc4)cc3)c2n1. The maximum Gasteiger partial charge on any atom is 0.320 e. The van der Waals surface area contributed by atoms with E-state index in [2.05, 4.69) is 51.0 Å². The fourth-order valence-corrected chi connectivity index (χ4v) is 4.65. The Morgan fingerprint density at radius 3 is 2.16 bits per heavy atom. The number of benzene rings is 2. The number of aromatic nitrogens is 4. The number of fused-ring (bicyclic) bond motifs is 1. The van der Waals surface area contributed by atoms with Gasteiger partial charge in [-0.2, -0.15) is 9.97 Å². The standard InChI is InChI=1S/C28H32N6O3/c1-2-3-16-37-28-31-24(29)23-25(32-28)34(27(36)26(35)30-23)18-20-8-12-22(13-9-20)21-10-6-19(7-11-21)17-33-14-4-5-15-33/h6-13H,2-5,14-18H2,1H3,(H,30,35)(H2,29,31,32). The van der Waals surface area contributed by atoms with Gasteiger partial charge in [0.15, 0.2) is 11.5 Å². The number of hydrogen-bond donors (Lipinski definition) is 2. The highest BCUT2D eigenvalue weighted by molar-refractivity contribution is 5.81. The van der Waals surface area contributed by atoms with Crippen molar-refractivity contribution in [1.82, 2.24) is 24.4 Å². The van der Waals surface area contributed by atoms with Gasteiger partial charge in [-0.15, -0.1) is 0 Å². The Labute approximate surface area is 214 Å². The molecule has 5 rings (SSSR count). The molecule has 0 saturated carbocycles. The van der Waals surface area contributed by atoms with Crippen molar-refractivity contribution >= 4 is 17.0 Å². The van der Waals surface area contributed by atoms with Crippen molar-refractivity contribution in [2.45, 2.75) is 45.7 Å². The van der Waals surface area contributed by atoms with E-state index < -0.39 is 11.1 Å². The van der Waals surface area contributed by atoms with Crippen LogP contribution in [-0.4, -0.2) is 44.1 Å². The monoisotopic (exact) mass is 500 g/mol. The molecule has 0 amide bonds. The smallest absolute Gasteiger partial charge is 0.320 e. The number of likely N-dealkylation sites (tertiary alicyclic amines) is 1. The molecule has 9 nitrogen and oxygen atoms in total. The first-order chi connectivity index (χ1) is 18.0. The molecule has 3 heterocycles. The predicted octanol–water partition coefficient (Wildman–Crippen LogP) is 3.55. The molecule has 37 heavy (non-hydrogen) atoms. The zero-order valence-electron chi connectivity index (χ0n) is 21.1. The van der Waals surface area contributed by atoms with E-state index in [1.807, 2.05) is 24.3 Å². The van der Waals surface area contributed by atoms with E-state index in [9.17, 15) is 9.59 Å². The number of nitrogens with one attached hydrogen (secondary N) is 1. The highest BCUT2D eigenvalue weighted by Crippen LogP contribution is 2.23. The van der Waals surface area contributed by atoms with Crippen molar-refractivity contribution in [2.24, 2.45) is 0 Å². The Hall–Kier alpha value is -3.98. The lowest BCUT2D eigenvalue weighted by Gasteiger charge is -2.15. The van der Waals surface area contributed by atoms with Crippen LogP contribution in [0.2, 0.25) is 0 Å². The zero-order valence-corrected chi connectivity index (χ0v) is 21.1. The van der Waals surface area contributed by atoms with Gasteiger partial charge in [0.05, 0.1) is 13.2 Å². The number of anilines is 1. The van der Waals surface area contributed by atoms with E-state index in [0.717, 1.165) is 36.1 Å². The largest absolute Gasteiger partial charge is 0.463 e. The number of rotatable bonds is 9. The van der Waals surface area contributed by atoms with Crippen LogP contribution in [0.1, 0.15) is 43.7 Å². The summed E-state index contributed by atoms with van der Waals surface area (Å²) in [6.45, 7) is 6.02. The molecular formula is C28H32N6O3. The Kier molecular flexibility index (Phi) is 7.32. The zero-order chi connectivity index (χ0) is 25.8. The first-order valence-electron chi connectivity index (χ1n) is 12.9. The molecule has 1 aliphatic rings. The van der Waals surface area contributed by atoms with Gasteiger partial charge in [-0.3, -0.25) is 19.1 Å². The molecule has 0 bridgehead atoms. The minimum absolute atomic E-state index is 0.0610. The van der Waals surface area contributed by atoms with Crippen LogP contribution in [0.15, 0.2) is 58.1 Å². The van der Waals surface area contributed by atoms with Gasteiger partial charge in [-0.05, 0) is 54.6 Å². The van der Waals surface area contributed by atoms with Crippen molar-refractivity contribution in [1.29, 1.82) is 0 Å². The van der Waals surface area contributed by atoms with Crippen LogP contribution in [-0.2, 0) is 13.1 Å². The molecule has 0 unspecified atom stereocenters. The summed E-state index contributed by atoms with van der Waals surface area (Å²) < 4.78 is 6.93. The molecule has 2 aromatic heterocycles. The van der Waals surface area contributed by atoms with E-state index in [1.54, 1.807) is 0 Å². The van der Waals surface area contributed by atoms with Crippen molar-refractivity contribution in [2.75, 3.05) is 25.4 Å². The molecule has 4 aromatic rings. The molecule has 1 aliphatic heterocycles. The third-order valence-electron chi connectivity index (χ3n) is 6.75. The Morgan fingerprint density at radius 2 is 1.54 bits per heavy atom. The molecule has 3 N–H and O–H groups in total. The number of ether oxygens (including phenoxy) is 1. The number of aromatic amines is 1. The average Bonchev–Trinajstić information content (AvgIpc) is 3.42. The molecule has 9 heteroatoms. The number of nitrogens with two attached hydrogens (primary N) is 1. The summed E-state index contributed by atoms with van der Waals surface area (Å²) in [4.78, 5) is 38.6. The second kappa shape index (κ2) is 11.0. The van der Waals surface area contributed by atoms with E-state index in [1.165, 1.54) is 36.1 Å². The third-order valence-corrected chi connectivity index (χ3v) is 6.75. The molecular weight excluding hydrogens is 468 g/mol. The summed E-state index contributed by atoms with van der Waals surface area (Å²) in [5.41, 5.74) is 9.43. The van der Waals surface area contributed by atoms with Crippen LogP contribution in [0.3, 0.4) is 0 Å². The molecule has 0 atom stereocenters. The molecule has 1 fully saturated rings. The Bertz CT molecular complexity index is 1490. The van der Waals surface area contributed by atoms with Crippen molar-refractivity contribution in [3.63, 3.8) is 0 Å². The highest BCUT2D eigenvalue weighted by Gasteiger charge is 2.15. The van der Waals surface area contributed by atoms with Gasteiger partial charge in [0, 0.05) is 6.54 Å². The lowest BCUT2D eigenvalue weighted by atomic mass is 10.0. The summed E-state index contributed by atoms with van der Waals surface area (Å²) in [7, 11) is 0. The number of H-pyrrole nitrogens is 1. The van der Waals surface area contributed by atoms with E-state index in [0.29, 0.717) is 6.61 Å². The summed E-state index contributed by atoms with van der Waals surface area (Å²) >= 11 is 0. The quantitative estimate of drug-likeness (QED) is 0.266. The van der Waals surface area contributed by atoms with Gasteiger partial charge >= 0.3 is 17.1 Å². The first kappa shape index (κ1) is 24.7. The first-order valence-corrected chi connectivity index (χ1v) is 12.9. The lowest BCUT2D eigenvalue weighted by Crippen LogP contribution is -2.37. The van der Waals surface area contributed by atoms with Crippen LogP contribution in [0.25, 0.3) is 22.3 Å². The number of unbranched alkanes of at least 4 members (excludes halogenated alkanes) is 1. The number of hydrogen-bond acceptors (Lipinski definition) is 7. The van der Waals surface area contributed by atoms with Gasteiger partial charge in [0.25, 0.3) is 0 Å². The molecule has 0 radical (unpaired) electrons. The molecule has 2 aromatic carbocycles. The fraction of sp³-hybridized carbons (Fsp3) is 0.357. The minimum Gasteiger partial charge on any atom is -0.463 e. The molecule has 192 valence electrons. The third kappa shape index (κ3) is 5.56. The van der Waals surface area contributed by atoms with Crippen LogP contribution >= 0.6 is 0 Å². The highest BCUT2D eigenvalue weighted by atomic mass is 16.5. The predicted molar refractivity (Wildman–Crippen MR) is 145 cm³/mol. The maximum absolute atomic E-state index is 12.8. The summed E-state index contributed by atoms with van der Waals surface area (Å²) in [6.07, 6.45) is 4.38. The Morgan fingerprint density at radius 1 is 0.919 bits per heavy atom. The van der Waals surface area contributed by atoms with Crippen molar-refractivity contribution in [3.8, 4) is 17.1 Å². The maximum atomic E-state index is 12.8. The average molecular weight is 501 g/mol. The lowest BCUT2D eigenvalue weighted by molar-refractivity contribution is 0.286.